The summed E-state index contributed by atoms with van der Waals surface area (Å²) >= 11 is 0. The average Bonchev–Trinajstić information content (AvgIpc) is 2.27. The minimum atomic E-state index is -0.987. The van der Waals surface area contributed by atoms with Crippen LogP contribution in [0.5, 0.6) is 0 Å². The van der Waals surface area contributed by atoms with Crippen molar-refractivity contribution in [3.63, 3.8) is 0 Å². The van der Waals surface area contributed by atoms with Crippen LogP contribution in [0.1, 0.15) is 33.6 Å². The summed E-state index contributed by atoms with van der Waals surface area (Å²) in [5.74, 6) is -0.221. The SMILES string of the molecule is CC(C)CC(C)CC(=O)N1CCOCC1C(=O)O. The highest BCUT2D eigenvalue weighted by molar-refractivity contribution is 5.84. The fourth-order valence-corrected chi connectivity index (χ4v) is 2.41. The Bertz CT molecular complexity index is 303. The molecule has 1 amide bonds. The molecule has 2 unspecified atom stereocenters. The van der Waals surface area contributed by atoms with E-state index in [-0.39, 0.29) is 18.4 Å². The van der Waals surface area contributed by atoms with Gasteiger partial charge in [-0.25, -0.2) is 4.79 Å². The smallest absolute Gasteiger partial charge is 0.328 e. The van der Waals surface area contributed by atoms with Crippen LogP contribution in [-0.2, 0) is 14.3 Å². The Kier molecular flexibility index (Phi) is 5.59. The van der Waals surface area contributed by atoms with Gasteiger partial charge in [0.1, 0.15) is 0 Å². The van der Waals surface area contributed by atoms with Crippen LogP contribution in [0.25, 0.3) is 0 Å². The van der Waals surface area contributed by atoms with Gasteiger partial charge < -0.3 is 14.7 Å². The standard InChI is InChI=1S/C13H23NO4/c1-9(2)6-10(3)7-12(15)14-4-5-18-8-11(14)13(16)17/h9-11H,4-8H2,1-3H3,(H,16,17). The third-order valence-corrected chi connectivity index (χ3v) is 3.13. The van der Waals surface area contributed by atoms with E-state index in [4.69, 9.17) is 9.84 Å². The van der Waals surface area contributed by atoms with E-state index in [0.29, 0.717) is 25.5 Å². The summed E-state index contributed by atoms with van der Waals surface area (Å²) in [6.07, 6.45) is 1.40. The number of ether oxygens (including phenoxy) is 1. The third-order valence-electron chi connectivity index (χ3n) is 3.13. The summed E-state index contributed by atoms with van der Waals surface area (Å²) in [6, 6.07) is -0.822. The molecule has 1 aliphatic heterocycles. The van der Waals surface area contributed by atoms with E-state index >= 15 is 0 Å². The van der Waals surface area contributed by atoms with E-state index in [1.54, 1.807) is 0 Å². The van der Waals surface area contributed by atoms with Gasteiger partial charge in [-0.2, -0.15) is 0 Å². The topological polar surface area (TPSA) is 66.8 Å². The lowest BCUT2D eigenvalue weighted by Gasteiger charge is -2.33. The number of hydrogen-bond acceptors (Lipinski definition) is 3. The van der Waals surface area contributed by atoms with Crippen molar-refractivity contribution in [2.45, 2.75) is 39.7 Å². The largest absolute Gasteiger partial charge is 0.480 e. The van der Waals surface area contributed by atoms with Crippen molar-refractivity contribution in [3.8, 4) is 0 Å². The lowest BCUT2D eigenvalue weighted by atomic mass is 9.95. The Balaban J connectivity index is 2.55. The van der Waals surface area contributed by atoms with Gasteiger partial charge in [0.2, 0.25) is 5.91 Å². The number of hydrogen-bond donors (Lipinski definition) is 1. The average molecular weight is 257 g/mol. The van der Waals surface area contributed by atoms with E-state index in [1.807, 2.05) is 6.92 Å². The van der Waals surface area contributed by atoms with Gasteiger partial charge in [-0.15, -0.1) is 0 Å². The molecule has 18 heavy (non-hydrogen) atoms. The van der Waals surface area contributed by atoms with E-state index in [1.165, 1.54) is 4.90 Å². The zero-order valence-electron chi connectivity index (χ0n) is 11.4. The number of carboxylic acid groups (broad SMARTS) is 1. The van der Waals surface area contributed by atoms with Gasteiger partial charge in [-0.05, 0) is 18.3 Å². The highest BCUT2D eigenvalue weighted by Gasteiger charge is 2.32. The number of nitrogens with zero attached hydrogens (tertiary/aromatic N) is 1. The minimum absolute atomic E-state index is 0.0705. The molecule has 0 spiro atoms. The Morgan fingerprint density at radius 2 is 2.06 bits per heavy atom. The fraction of sp³-hybridized carbons (Fsp3) is 0.846. The first-order chi connectivity index (χ1) is 8.41. The molecule has 0 aromatic rings. The molecule has 1 saturated heterocycles. The Morgan fingerprint density at radius 3 is 2.61 bits per heavy atom. The predicted molar refractivity (Wildman–Crippen MR) is 67.2 cm³/mol. The van der Waals surface area contributed by atoms with Crippen LogP contribution in [0.2, 0.25) is 0 Å². The van der Waals surface area contributed by atoms with Gasteiger partial charge in [-0.3, -0.25) is 4.79 Å². The summed E-state index contributed by atoms with van der Waals surface area (Å²) in [6.45, 7) is 7.18. The monoisotopic (exact) mass is 257 g/mol. The summed E-state index contributed by atoms with van der Waals surface area (Å²) in [7, 11) is 0. The van der Waals surface area contributed by atoms with E-state index < -0.39 is 12.0 Å². The second kappa shape index (κ2) is 6.73. The zero-order chi connectivity index (χ0) is 13.7. The normalized spacial score (nSPS) is 22.0. The number of carboxylic acids is 1. The Morgan fingerprint density at radius 1 is 1.39 bits per heavy atom. The molecule has 2 atom stereocenters. The van der Waals surface area contributed by atoms with E-state index in [2.05, 4.69) is 13.8 Å². The van der Waals surface area contributed by atoms with E-state index in [9.17, 15) is 9.59 Å². The molecule has 104 valence electrons. The van der Waals surface area contributed by atoms with Gasteiger partial charge in [0.25, 0.3) is 0 Å². The highest BCUT2D eigenvalue weighted by Crippen LogP contribution is 2.18. The van der Waals surface area contributed by atoms with Crippen molar-refractivity contribution in [2.75, 3.05) is 19.8 Å². The van der Waals surface area contributed by atoms with Crippen molar-refractivity contribution in [1.82, 2.24) is 4.90 Å². The van der Waals surface area contributed by atoms with Crippen LogP contribution in [0, 0.1) is 11.8 Å². The van der Waals surface area contributed by atoms with Crippen LogP contribution in [-0.4, -0.2) is 47.7 Å². The number of carbonyl (C=O) groups excluding carboxylic acids is 1. The Labute approximate surface area is 108 Å². The van der Waals surface area contributed by atoms with Crippen molar-refractivity contribution in [2.24, 2.45) is 11.8 Å². The maximum Gasteiger partial charge on any atom is 0.328 e. The quantitative estimate of drug-likeness (QED) is 0.807. The number of carbonyl (C=O) groups is 2. The van der Waals surface area contributed by atoms with Crippen molar-refractivity contribution >= 4 is 11.9 Å². The van der Waals surface area contributed by atoms with Gasteiger partial charge in [-0.1, -0.05) is 20.8 Å². The molecule has 0 radical (unpaired) electrons. The zero-order valence-corrected chi connectivity index (χ0v) is 11.4. The molecule has 1 rings (SSSR count). The summed E-state index contributed by atoms with van der Waals surface area (Å²) in [4.78, 5) is 24.6. The molecule has 1 heterocycles. The van der Waals surface area contributed by atoms with Crippen LogP contribution in [0.15, 0.2) is 0 Å². The second-order valence-corrected chi connectivity index (χ2v) is 5.45. The first-order valence-corrected chi connectivity index (χ1v) is 6.51. The second-order valence-electron chi connectivity index (χ2n) is 5.45. The molecule has 0 bridgehead atoms. The maximum absolute atomic E-state index is 12.1. The minimum Gasteiger partial charge on any atom is -0.480 e. The molecule has 1 aliphatic rings. The van der Waals surface area contributed by atoms with Crippen molar-refractivity contribution in [1.29, 1.82) is 0 Å². The predicted octanol–water partition coefficient (Wildman–Crippen LogP) is 1.37. The maximum atomic E-state index is 12.1. The fourth-order valence-electron chi connectivity index (χ4n) is 2.41. The van der Waals surface area contributed by atoms with Gasteiger partial charge in [0.15, 0.2) is 6.04 Å². The first kappa shape index (κ1) is 15.0. The van der Waals surface area contributed by atoms with E-state index in [0.717, 1.165) is 6.42 Å². The van der Waals surface area contributed by atoms with Crippen LogP contribution >= 0.6 is 0 Å². The molecule has 0 aromatic carbocycles. The number of aliphatic carboxylic acids is 1. The molecule has 1 fully saturated rings. The first-order valence-electron chi connectivity index (χ1n) is 6.51. The number of morpholine rings is 1. The molecular weight excluding hydrogens is 234 g/mol. The lowest BCUT2D eigenvalue weighted by Crippen LogP contribution is -2.52. The molecular formula is C13H23NO4. The van der Waals surface area contributed by atoms with Gasteiger partial charge in [0.05, 0.1) is 13.2 Å². The lowest BCUT2D eigenvalue weighted by molar-refractivity contribution is -0.158. The molecule has 5 heteroatoms. The van der Waals surface area contributed by atoms with Gasteiger partial charge >= 0.3 is 5.97 Å². The van der Waals surface area contributed by atoms with Crippen molar-refractivity contribution < 1.29 is 19.4 Å². The van der Waals surface area contributed by atoms with Crippen molar-refractivity contribution in [3.05, 3.63) is 0 Å². The molecule has 0 saturated carbocycles. The summed E-state index contributed by atoms with van der Waals surface area (Å²) in [5.41, 5.74) is 0. The molecule has 1 N–H and O–H groups in total. The molecule has 0 aliphatic carbocycles. The Hall–Kier alpha value is -1.10. The van der Waals surface area contributed by atoms with Crippen LogP contribution in [0.3, 0.4) is 0 Å². The molecule has 5 nitrogen and oxygen atoms in total. The summed E-state index contributed by atoms with van der Waals surface area (Å²) < 4.78 is 5.12. The molecule has 0 aromatic heterocycles. The number of amides is 1. The number of rotatable bonds is 5. The third kappa shape index (κ3) is 4.29. The van der Waals surface area contributed by atoms with Crippen LogP contribution in [0.4, 0.5) is 0 Å². The van der Waals surface area contributed by atoms with Crippen LogP contribution < -0.4 is 0 Å². The summed E-state index contributed by atoms with van der Waals surface area (Å²) in [5, 5.41) is 9.06. The highest BCUT2D eigenvalue weighted by atomic mass is 16.5. The van der Waals surface area contributed by atoms with Gasteiger partial charge in [0, 0.05) is 13.0 Å².